The van der Waals surface area contributed by atoms with Crippen molar-refractivity contribution in [2.75, 3.05) is 0 Å². The highest BCUT2D eigenvalue weighted by atomic mass is 35.5. The normalized spacial score (nSPS) is 9.33. The van der Waals surface area contributed by atoms with Gasteiger partial charge in [0.1, 0.15) is 0 Å². The molecule has 1 aromatic rings. The van der Waals surface area contributed by atoms with Gasteiger partial charge in [0, 0.05) is 10.6 Å². The molecule has 3 heteroatoms. The summed E-state index contributed by atoms with van der Waals surface area (Å²) in [5.41, 5.74) is 0.541. The lowest BCUT2D eigenvalue weighted by Gasteiger charge is -1.89. The molecule has 0 N–H and O–H groups in total. The minimum absolute atomic E-state index is 0.541. The fourth-order valence-corrected chi connectivity index (χ4v) is 0.797. The Kier molecular flexibility index (Phi) is 3.07. The summed E-state index contributed by atoms with van der Waals surface area (Å²) in [5, 5.41) is 0.567. The Labute approximate surface area is 74.2 Å². The van der Waals surface area contributed by atoms with Gasteiger partial charge in [0.2, 0.25) is 0 Å². The molecular formula is C9H5ClF2. The molecule has 12 heavy (non-hydrogen) atoms. The molecule has 62 valence electrons. The second-order valence-corrected chi connectivity index (χ2v) is 2.51. The van der Waals surface area contributed by atoms with Crippen LogP contribution in [0, 0.1) is 11.8 Å². The highest BCUT2D eigenvalue weighted by Crippen LogP contribution is 2.08. The molecule has 0 spiro atoms. The summed E-state index contributed by atoms with van der Waals surface area (Å²) in [6.45, 7) is 0. The van der Waals surface area contributed by atoms with E-state index >= 15 is 0 Å². The zero-order chi connectivity index (χ0) is 8.97. The van der Waals surface area contributed by atoms with Crippen molar-refractivity contribution in [1.29, 1.82) is 0 Å². The predicted molar refractivity (Wildman–Crippen MR) is 44.3 cm³/mol. The first-order valence-corrected chi connectivity index (χ1v) is 3.61. The van der Waals surface area contributed by atoms with E-state index in [1.54, 1.807) is 30.2 Å². The van der Waals surface area contributed by atoms with Gasteiger partial charge < -0.3 is 0 Å². The zero-order valence-electron chi connectivity index (χ0n) is 6.02. The van der Waals surface area contributed by atoms with Gasteiger partial charge in [-0.25, -0.2) is 0 Å². The Bertz CT molecular complexity index is 306. The average molecular weight is 187 g/mol. The first-order valence-electron chi connectivity index (χ1n) is 3.24. The summed E-state index contributed by atoms with van der Waals surface area (Å²) in [6, 6.07) is 6.41. The summed E-state index contributed by atoms with van der Waals surface area (Å²) < 4.78 is 23.2. The minimum atomic E-state index is -2.58. The summed E-state index contributed by atoms with van der Waals surface area (Å²) >= 11 is 5.58. The molecule has 0 unspecified atom stereocenters. The van der Waals surface area contributed by atoms with Gasteiger partial charge in [0.05, 0.1) is 0 Å². The van der Waals surface area contributed by atoms with E-state index in [1.807, 2.05) is 0 Å². The van der Waals surface area contributed by atoms with Crippen molar-refractivity contribution in [1.82, 2.24) is 0 Å². The molecule has 1 aromatic carbocycles. The highest BCUT2D eigenvalue weighted by molar-refractivity contribution is 6.30. The largest absolute Gasteiger partial charge is 0.299 e. The molecule has 0 heterocycles. The first kappa shape index (κ1) is 9.02. The zero-order valence-corrected chi connectivity index (χ0v) is 6.78. The molecule has 0 nitrogen and oxygen atoms in total. The number of halogens is 3. The van der Waals surface area contributed by atoms with E-state index in [0.717, 1.165) is 0 Å². The molecule has 0 saturated heterocycles. The lowest BCUT2D eigenvalue weighted by atomic mass is 10.2. The Balaban J connectivity index is 2.79. The van der Waals surface area contributed by atoms with E-state index in [2.05, 4.69) is 5.92 Å². The van der Waals surface area contributed by atoms with Crippen LogP contribution in [0.15, 0.2) is 24.3 Å². The second-order valence-electron chi connectivity index (χ2n) is 2.08. The van der Waals surface area contributed by atoms with Crippen LogP contribution in [-0.2, 0) is 0 Å². The van der Waals surface area contributed by atoms with Gasteiger partial charge in [0.15, 0.2) is 0 Å². The Hall–Kier alpha value is -1.07. The third kappa shape index (κ3) is 2.89. The molecule has 0 amide bonds. The minimum Gasteiger partial charge on any atom is -0.196 e. The van der Waals surface area contributed by atoms with Crippen molar-refractivity contribution >= 4 is 11.6 Å². The lowest BCUT2D eigenvalue weighted by Crippen LogP contribution is -1.81. The molecule has 0 aliphatic carbocycles. The summed E-state index contributed by atoms with van der Waals surface area (Å²) in [7, 11) is 0. The van der Waals surface area contributed by atoms with Crippen molar-refractivity contribution in [2.24, 2.45) is 0 Å². The second kappa shape index (κ2) is 4.08. The van der Waals surface area contributed by atoms with Crippen LogP contribution in [0.5, 0.6) is 0 Å². The summed E-state index contributed by atoms with van der Waals surface area (Å²) in [6.07, 6.45) is -2.58. The van der Waals surface area contributed by atoms with E-state index in [0.29, 0.717) is 10.6 Å². The van der Waals surface area contributed by atoms with Crippen molar-refractivity contribution in [3.63, 3.8) is 0 Å². The van der Waals surface area contributed by atoms with Crippen LogP contribution in [0.1, 0.15) is 5.56 Å². The topological polar surface area (TPSA) is 0 Å². The molecule has 0 aliphatic heterocycles. The summed E-state index contributed by atoms with van der Waals surface area (Å²) in [4.78, 5) is 0. The van der Waals surface area contributed by atoms with Crippen molar-refractivity contribution < 1.29 is 8.78 Å². The lowest BCUT2D eigenvalue weighted by molar-refractivity contribution is 0.215. The molecule has 0 bridgehead atoms. The quantitative estimate of drug-likeness (QED) is 0.547. The Morgan fingerprint density at radius 1 is 1.17 bits per heavy atom. The molecule has 0 aliphatic rings. The smallest absolute Gasteiger partial charge is 0.196 e. The van der Waals surface area contributed by atoms with E-state index in [9.17, 15) is 8.78 Å². The van der Waals surface area contributed by atoms with E-state index in [-0.39, 0.29) is 0 Å². The first-order chi connectivity index (χ1) is 5.68. The van der Waals surface area contributed by atoms with Gasteiger partial charge in [-0.2, -0.15) is 8.78 Å². The highest BCUT2D eigenvalue weighted by Gasteiger charge is 1.92. The maximum Gasteiger partial charge on any atom is 0.299 e. The van der Waals surface area contributed by atoms with Crippen molar-refractivity contribution in [3.05, 3.63) is 34.9 Å². The average Bonchev–Trinajstić information content (AvgIpc) is 2.03. The van der Waals surface area contributed by atoms with Gasteiger partial charge in [-0.05, 0) is 30.2 Å². The van der Waals surface area contributed by atoms with Crippen LogP contribution < -0.4 is 0 Å². The molecule has 1 rings (SSSR count). The van der Waals surface area contributed by atoms with Gasteiger partial charge >= 0.3 is 0 Å². The molecule has 0 radical (unpaired) electrons. The number of benzene rings is 1. The third-order valence-electron chi connectivity index (χ3n) is 1.17. The van der Waals surface area contributed by atoms with Crippen LogP contribution in [0.25, 0.3) is 0 Å². The monoisotopic (exact) mass is 186 g/mol. The molecular weight excluding hydrogens is 182 g/mol. The molecule has 0 saturated carbocycles. The fraction of sp³-hybridized carbons (Fsp3) is 0.111. The molecule has 0 fully saturated rings. The Morgan fingerprint density at radius 3 is 2.25 bits per heavy atom. The number of hydrogen-bond acceptors (Lipinski definition) is 0. The molecule has 0 atom stereocenters. The maximum absolute atomic E-state index is 11.6. The van der Waals surface area contributed by atoms with Crippen molar-refractivity contribution in [3.8, 4) is 11.8 Å². The van der Waals surface area contributed by atoms with Crippen LogP contribution in [0.3, 0.4) is 0 Å². The fourth-order valence-electron chi connectivity index (χ4n) is 0.671. The third-order valence-corrected chi connectivity index (χ3v) is 1.42. The molecule has 0 aromatic heterocycles. The number of alkyl halides is 2. The van der Waals surface area contributed by atoms with Gasteiger partial charge in [-0.3, -0.25) is 0 Å². The van der Waals surface area contributed by atoms with Crippen LogP contribution in [0.4, 0.5) is 8.78 Å². The maximum atomic E-state index is 11.6. The SMILES string of the molecule is FC(F)C#Cc1ccc(Cl)cc1. The van der Waals surface area contributed by atoms with E-state index in [1.165, 1.54) is 0 Å². The predicted octanol–water partition coefficient (Wildman–Crippen LogP) is 2.96. The van der Waals surface area contributed by atoms with Crippen LogP contribution >= 0.6 is 11.6 Å². The standard InChI is InChI=1S/C9H5ClF2/c10-8-4-1-7(2-5-8)3-6-9(11)12/h1-2,4-5,9H. The van der Waals surface area contributed by atoms with Gasteiger partial charge in [0.25, 0.3) is 6.43 Å². The van der Waals surface area contributed by atoms with Crippen LogP contribution in [0.2, 0.25) is 5.02 Å². The summed E-state index contributed by atoms with van der Waals surface area (Å²) in [5.74, 6) is 4.07. The van der Waals surface area contributed by atoms with Gasteiger partial charge in [-0.15, -0.1) is 0 Å². The van der Waals surface area contributed by atoms with Crippen molar-refractivity contribution in [2.45, 2.75) is 6.43 Å². The van der Waals surface area contributed by atoms with Crippen LogP contribution in [-0.4, -0.2) is 6.43 Å². The van der Waals surface area contributed by atoms with E-state index < -0.39 is 6.43 Å². The number of hydrogen-bond donors (Lipinski definition) is 0. The van der Waals surface area contributed by atoms with Gasteiger partial charge in [-0.1, -0.05) is 17.5 Å². The Morgan fingerprint density at radius 2 is 1.75 bits per heavy atom. The number of rotatable bonds is 0. The van der Waals surface area contributed by atoms with E-state index in [4.69, 9.17) is 11.6 Å².